The lowest BCUT2D eigenvalue weighted by atomic mass is 10.1. The molecule has 3 aromatic rings. The molecule has 0 saturated carbocycles. The zero-order valence-corrected chi connectivity index (χ0v) is 16.3. The molecular weight excluding hydrogens is 418 g/mol. The first-order valence-electron chi connectivity index (χ1n) is 8.67. The summed E-state index contributed by atoms with van der Waals surface area (Å²) in [5, 5.41) is 11.8. The van der Waals surface area contributed by atoms with Crippen molar-refractivity contribution < 1.29 is 28.2 Å². The van der Waals surface area contributed by atoms with Gasteiger partial charge in [-0.25, -0.2) is 18.6 Å². The van der Waals surface area contributed by atoms with Crippen LogP contribution in [-0.4, -0.2) is 22.0 Å². The second kappa shape index (κ2) is 8.87. The number of halogens is 3. The monoisotopic (exact) mass is 432 g/mol. The summed E-state index contributed by atoms with van der Waals surface area (Å²) < 4.78 is 32.4. The lowest BCUT2D eigenvalue weighted by Gasteiger charge is -2.16. The van der Waals surface area contributed by atoms with Crippen LogP contribution in [0, 0.1) is 11.6 Å². The average molecular weight is 433 g/mol. The summed E-state index contributed by atoms with van der Waals surface area (Å²) in [5.74, 6) is -3.90. The molecule has 0 spiro atoms. The SMILES string of the molecule is C[C@H](NC(=O)c1cc(Cl)cnc1Oc1ccc(F)cc1F)c1ccc(C(=O)O)cc1. The Balaban J connectivity index is 1.82. The summed E-state index contributed by atoms with van der Waals surface area (Å²) in [6, 6.07) is 9.56. The van der Waals surface area contributed by atoms with E-state index in [1.54, 1.807) is 19.1 Å². The Bertz CT molecular complexity index is 1110. The predicted molar refractivity (Wildman–Crippen MR) is 105 cm³/mol. The lowest BCUT2D eigenvalue weighted by Crippen LogP contribution is -2.27. The number of carbonyl (C=O) groups excluding carboxylic acids is 1. The van der Waals surface area contributed by atoms with Crippen molar-refractivity contribution in [2.75, 3.05) is 0 Å². The van der Waals surface area contributed by atoms with Crippen LogP contribution in [-0.2, 0) is 0 Å². The highest BCUT2D eigenvalue weighted by molar-refractivity contribution is 6.30. The van der Waals surface area contributed by atoms with Gasteiger partial charge in [-0.1, -0.05) is 23.7 Å². The van der Waals surface area contributed by atoms with Crippen molar-refractivity contribution in [3.05, 3.63) is 88.1 Å². The molecule has 154 valence electrons. The van der Waals surface area contributed by atoms with E-state index in [4.69, 9.17) is 21.4 Å². The van der Waals surface area contributed by atoms with E-state index in [-0.39, 0.29) is 27.8 Å². The maximum absolute atomic E-state index is 13.9. The van der Waals surface area contributed by atoms with Crippen LogP contribution in [0.2, 0.25) is 5.02 Å². The number of ether oxygens (including phenoxy) is 1. The standard InChI is InChI=1S/C21H15ClF2N2O4/c1-11(12-2-4-13(5-3-12)21(28)29)26-19(27)16-8-14(22)10-25-20(16)30-18-7-6-15(23)9-17(18)24/h2-11H,1H3,(H,26,27)(H,28,29)/t11-/m0/s1. The molecule has 9 heteroatoms. The Morgan fingerprint density at radius 1 is 1.13 bits per heavy atom. The van der Waals surface area contributed by atoms with Gasteiger partial charge in [0, 0.05) is 12.3 Å². The number of pyridine rings is 1. The van der Waals surface area contributed by atoms with Crippen LogP contribution in [0.4, 0.5) is 8.78 Å². The molecule has 0 aliphatic heterocycles. The highest BCUT2D eigenvalue weighted by atomic mass is 35.5. The Kier molecular flexibility index (Phi) is 6.27. The molecule has 0 unspecified atom stereocenters. The number of carboxylic acids is 1. The minimum absolute atomic E-state index is 0.0553. The van der Waals surface area contributed by atoms with E-state index in [1.807, 2.05) is 0 Å². The quantitative estimate of drug-likeness (QED) is 0.572. The normalized spacial score (nSPS) is 11.6. The third-order valence-corrected chi connectivity index (χ3v) is 4.37. The van der Waals surface area contributed by atoms with Crippen molar-refractivity contribution in [3.8, 4) is 11.6 Å². The summed E-state index contributed by atoms with van der Waals surface area (Å²) >= 11 is 5.94. The van der Waals surface area contributed by atoms with Gasteiger partial charge in [0.25, 0.3) is 5.91 Å². The molecule has 0 aliphatic rings. The zero-order valence-electron chi connectivity index (χ0n) is 15.5. The van der Waals surface area contributed by atoms with Gasteiger partial charge >= 0.3 is 5.97 Å². The first kappa shape index (κ1) is 21.2. The topological polar surface area (TPSA) is 88.5 Å². The van der Waals surface area contributed by atoms with Crippen molar-refractivity contribution in [1.29, 1.82) is 0 Å². The Labute approximate surface area is 175 Å². The van der Waals surface area contributed by atoms with E-state index >= 15 is 0 Å². The van der Waals surface area contributed by atoms with Crippen LogP contribution in [0.5, 0.6) is 11.6 Å². The van der Waals surface area contributed by atoms with Gasteiger partial charge < -0.3 is 15.2 Å². The molecule has 1 aromatic heterocycles. The van der Waals surface area contributed by atoms with E-state index in [9.17, 15) is 18.4 Å². The van der Waals surface area contributed by atoms with Gasteiger partial charge in [-0.2, -0.15) is 0 Å². The fourth-order valence-electron chi connectivity index (χ4n) is 2.60. The predicted octanol–water partition coefficient (Wildman–Crippen LogP) is 4.99. The molecule has 2 aromatic carbocycles. The van der Waals surface area contributed by atoms with E-state index in [2.05, 4.69) is 10.3 Å². The summed E-state index contributed by atoms with van der Waals surface area (Å²) in [5.41, 5.74) is 0.726. The van der Waals surface area contributed by atoms with E-state index in [0.717, 1.165) is 12.1 Å². The number of benzene rings is 2. The van der Waals surface area contributed by atoms with Crippen LogP contribution in [0.1, 0.15) is 39.2 Å². The first-order chi connectivity index (χ1) is 14.2. The summed E-state index contributed by atoms with van der Waals surface area (Å²) in [7, 11) is 0. The van der Waals surface area contributed by atoms with Crippen molar-refractivity contribution in [2.24, 2.45) is 0 Å². The second-order valence-corrected chi connectivity index (χ2v) is 6.74. The summed E-state index contributed by atoms with van der Waals surface area (Å²) in [6.07, 6.45) is 1.23. The van der Waals surface area contributed by atoms with Gasteiger partial charge in [-0.15, -0.1) is 0 Å². The van der Waals surface area contributed by atoms with E-state index in [1.165, 1.54) is 24.4 Å². The molecule has 0 fully saturated rings. The molecule has 3 rings (SSSR count). The van der Waals surface area contributed by atoms with Gasteiger partial charge in [0.1, 0.15) is 11.4 Å². The number of nitrogens with zero attached hydrogens (tertiary/aromatic N) is 1. The number of carbonyl (C=O) groups is 2. The molecule has 0 radical (unpaired) electrons. The van der Waals surface area contributed by atoms with Crippen molar-refractivity contribution in [3.63, 3.8) is 0 Å². The highest BCUT2D eigenvalue weighted by Crippen LogP contribution is 2.28. The number of rotatable bonds is 6. The minimum Gasteiger partial charge on any atom is -0.478 e. The van der Waals surface area contributed by atoms with E-state index < -0.39 is 29.6 Å². The number of nitrogens with one attached hydrogen (secondary N) is 1. The van der Waals surface area contributed by atoms with Crippen molar-refractivity contribution in [2.45, 2.75) is 13.0 Å². The average Bonchev–Trinajstić information content (AvgIpc) is 2.71. The smallest absolute Gasteiger partial charge is 0.335 e. The van der Waals surface area contributed by atoms with Crippen LogP contribution in [0.3, 0.4) is 0 Å². The van der Waals surface area contributed by atoms with Gasteiger partial charge in [-0.05, 0) is 42.8 Å². The number of aromatic carboxylic acids is 1. The largest absolute Gasteiger partial charge is 0.478 e. The fourth-order valence-corrected chi connectivity index (χ4v) is 2.76. The van der Waals surface area contributed by atoms with E-state index in [0.29, 0.717) is 11.6 Å². The molecule has 6 nitrogen and oxygen atoms in total. The van der Waals surface area contributed by atoms with Gasteiger partial charge in [0.2, 0.25) is 5.88 Å². The minimum atomic E-state index is -1.06. The van der Waals surface area contributed by atoms with Gasteiger partial charge in [-0.3, -0.25) is 4.79 Å². The molecular formula is C21H15ClF2N2O4. The molecule has 0 saturated heterocycles. The summed E-state index contributed by atoms with van der Waals surface area (Å²) in [6.45, 7) is 1.70. The number of hydrogen-bond acceptors (Lipinski definition) is 4. The summed E-state index contributed by atoms with van der Waals surface area (Å²) in [4.78, 5) is 27.7. The second-order valence-electron chi connectivity index (χ2n) is 6.31. The highest BCUT2D eigenvalue weighted by Gasteiger charge is 2.20. The van der Waals surface area contributed by atoms with Crippen LogP contribution >= 0.6 is 11.6 Å². The number of aromatic nitrogens is 1. The van der Waals surface area contributed by atoms with Crippen LogP contribution in [0.25, 0.3) is 0 Å². The Morgan fingerprint density at radius 3 is 2.47 bits per heavy atom. The maximum atomic E-state index is 13.9. The molecule has 2 N–H and O–H groups in total. The van der Waals surface area contributed by atoms with Gasteiger partial charge in [0.05, 0.1) is 16.6 Å². The molecule has 1 atom stereocenters. The lowest BCUT2D eigenvalue weighted by molar-refractivity contribution is 0.0696. The van der Waals surface area contributed by atoms with Gasteiger partial charge in [0.15, 0.2) is 11.6 Å². The number of hydrogen-bond donors (Lipinski definition) is 2. The molecule has 1 amide bonds. The fraction of sp³-hybridized carbons (Fsp3) is 0.0952. The molecule has 1 heterocycles. The van der Waals surface area contributed by atoms with Crippen molar-refractivity contribution >= 4 is 23.5 Å². The van der Waals surface area contributed by atoms with Crippen LogP contribution in [0.15, 0.2) is 54.7 Å². The molecule has 30 heavy (non-hydrogen) atoms. The Morgan fingerprint density at radius 2 is 1.83 bits per heavy atom. The third-order valence-electron chi connectivity index (χ3n) is 4.17. The maximum Gasteiger partial charge on any atom is 0.335 e. The zero-order chi connectivity index (χ0) is 21.8. The Hall–Kier alpha value is -3.52. The molecule has 0 aliphatic carbocycles. The van der Waals surface area contributed by atoms with Crippen LogP contribution < -0.4 is 10.1 Å². The third kappa shape index (κ3) is 4.90. The number of amides is 1. The first-order valence-corrected chi connectivity index (χ1v) is 9.05. The number of carboxylic acid groups (broad SMARTS) is 1. The molecule has 0 bridgehead atoms. The van der Waals surface area contributed by atoms with Crippen molar-refractivity contribution in [1.82, 2.24) is 10.3 Å².